The van der Waals surface area contributed by atoms with Crippen molar-refractivity contribution in [3.63, 3.8) is 0 Å². The molecule has 1 N–H and O–H groups in total. The van der Waals surface area contributed by atoms with E-state index >= 15 is 0 Å². The van der Waals surface area contributed by atoms with E-state index in [1.165, 1.54) is 0 Å². The Morgan fingerprint density at radius 2 is 1.40 bits per heavy atom. The maximum absolute atomic E-state index is 9.69. The Morgan fingerprint density at radius 1 is 1.00 bits per heavy atom. The lowest BCUT2D eigenvalue weighted by Gasteiger charge is -2.44. The number of fused-ring (bicyclic) bond motifs is 3. The molecule has 3 heteroatoms. The van der Waals surface area contributed by atoms with Crippen LogP contribution in [0.25, 0.3) is 0 Å². The predicted molar refractivity (Wildman–Crippen MR) is 42.5 cm³/mol. The van der Waals surface area contributed by atoms with Crippen LogP contribution in [-0.2, 0) is 0 Å². The second-order valence-electron chi connectivity index (χ2n) is 3.32. The van der Waals surface area contributed by atoms with Gasteiger partial charge in [0.15, 0.2) is 0 Å². The van der Waals surface area contributed by atoms with Gasteiger partial charge in [0.25, 0.3) is 0 Å². The molecule has 2 nitrogen and oxygen atoms in total. The molecule has 60 valence electrons. The van der Waals surface area contributed by atoms with Crippen LogP contribution in [0.5, 0.6) is 0 Å². The highest BCUT2D eigenvalue weighted by molar-refractivity contribution is 5.85. The van der Waals surface area contributed by atoms with Crippen molar-refractivity contribution in [3.8, 4) is 0 Å². The number of hydrogen-bond donors (Lipinski definition) is 1. The van der Waals surface area contributed by atoms with Gasteiger partial charge in [-0.05, 0) is 19.3 Å². The van der Waals surface area contributed by atoms with E-state index in [1.807, 2.05) is 0 Å². The second-order valence-corrected chi connectivity index (χ2v) is 3.32. The Bertz CT molecular complexity index is 107. The van der Waals surface area contributed by atoms with Crippen LogP contribution in [0.2, 0.25) is 0 Å². The van der Waals surface area contributed by atoms with Crippen LogP contribution in [0.4, 0.5) is 0 Å². The van der Waals surface area contributed by atoms with Crippen LogP contribution < -0.4 is 0 Å². The van der Waals surface area contributed by atoms with Crippen molar-refractivity contribution in [3.05, 3.63) is 0 Å². The van der Waals surface area contributed by atoms with Crippen LogP contribution in [-0.4, -0.2) is 35.2 Å². The van der Waals surface area contributed by atoms with Crippen molar-refractivity contribution >= 4 is 12.4 Å². The Morgan fingerprint density at radius 3 is 1.60 bits per heavy atom. The quantitative estimate of drug-likeness (QED) is 0.567. The Labute approximate surface area is 67.6 Å². The number of rotatable bonds is 0. The van der Waals surface area contributed by atoms with Crippen molar-refractivity contribution in [2.24, 2.45) is 0 Å². The molecule has 3 rings (SSSR count). The zero-order valence-electron chi connectivity index (χ0n) is 6.05. The van der Waals surface area contributed by atoms with Crippen molar-refractivity contribution in [1.82, 2.24) is 4.90 Å². The first kappa shape index (κ1) is 8.31. The monoisotopic (exact) mass is 163 g/mol. The standard InChI is InChI=1S/C7H13NO.ClH/c9-7-1-4-8(5-2-7)6-3-7;/h9H,1-6H2;1H. The van der Waals surface area contributed by atoms with Gasteiger partial charge in [-0.2, -0.15) is 0 Å². The summed E-state index contributed by atoms with van der Waals surface area (Å²) >= 11 is 0. The van der Waals surface area contributed by atoms with Crippen LogP contribution in [0.15, 0.2) is 0 Å². The zero-order valence-corrected chi connectivity index (χ0v) is 6.86. The first-order valence-electron chi connectivity index (χ1n) is 3.73. The molecule has 3 fully saturated rings. The lowest BCUT2D eigenvalue weighted by molar-refractivity contribution is -0.0707. The third-order valence-corrected chi connectivity index (χ3v) is 2.68. The van der Waals surface area contributed by atoms with E-state index in [4.69, 9.17) is 0 Å². The fourth-order valence-electron chi connectivity index (χ4n) is 1.81. The molecule has 0 spiro atoms. The molecule has 10 heavy (non-hydrogen) atoms. The Balaban J connectivity index is 0.000000500. The highest BCUT2D eigenvalue weighted by Crippen LogP contribution is 2.30. The predicted octanol–water partition coefficient (Wildman–Crippen LogP) is 0.639. The van der Waals surface area contributed by atoms with Crippen molar-refractivity contribution in [2.45, 2.75) is 24.9 Å². The fraction of sp³-hybridized carbons (Fsp3) is 1.00. The number of aliphatic hydroxyl groups is 1. The fourth-order valence-corrected chi connectivity index (χ4v) is 1.81. The van der Waals surface area contributed by atoms with Gasteiger partial charge >= 0.3 is 0 Å². The van der Waals surface area contributed by atoms with E-state index in [-0.39, 0.29) is 18.0 Å². The SMILES string of the molecule is Cl.OC12CCN(CC1)CC2. The summed E-state index contributed by atoms with van der Waals surface area (Å²) < 4.78 is 0. The minimum absolute atomic E-state index is 0. The van der Waals surface area contributed by atoms with Crippen LogP contribution in [0, 0.1) is 0 Å². The van der Waals surface area contributed by atoms with E-state index in [1.54, 1.807) is 0 Å². The highest BCUT2D eigenvalue weighted by Gasteiger charge is 2.36. The first-order valence-corrected chi connectivity index (χ1v) is 3.73. The maximum Gasteiger partial charge on any atom is 0.0684 e. The number of nitrogens with zero attached hydrogens (tertiary/aromatic N) is 1. The van der Waals surface area contributed by atoms with Crippen LogP contribution >= 0.6 is 12.4 Å². The number of halogens is 1. The second kappa shape index (κ2) is 2.68. The average molecular weight is 164 g/mol. The molecule has 3 heterocycles. The van der Waals surface area contributed by atoms with Gasteiger partial charge in [-0.25, -0.2) is 0 Å². The van der Waals surface area contributed by atoms with Crippen molar-refractivity contribution in [1.29, 1.82) is 0 Å². The minimum atomic E-state index is -0.255. The number of piperidine rings is 3. The third kappa shape index (κ3) is 1.29. The lowest BCUT2D eigenvalue weighted by Crippen LogP contribution is -2.52. The molecule has 3 aliphatic heterocycles. The molecule has 2 bridgehead atoms. The van der Waals surface area contributed by atoms with Gasteiger partial charge < -0.3 is 10.0 Å². The zero-order chi connectivity index (χ0) is 6.32. The summed E-state index contributed by atoms with van der Waals surface area (Å²) in [5, 5.41) is 9.69. The largest absolute Gasteiger partial charge is 0.390 e. The topological polar surface area (TPSA) is 23.5 Å². The Hall–Kier alpha value is 0.210. The molecule has 0 amide bonds. The number of hydrogen-bond acceptors (Lipinski definition) is 2. The van der Waals surface area contributed by atoms with Gasteiger partial charge in [0, 0.05) is 19.6 Å². The molecular weight excluding hydrogens is 150 g/mol. The summed E-state index contributed by atoms with van der Waals surface area (Å²) in [6, 6.07) is 0. The molecule has 0 unspecified atom stereocenters. The molecular formula is C7H14ClNO. The summed E-state index contributed by atoms with van der Waals surface area (Å²) in [5.74, 6) is 0. The molecule has 0 aliphatic carbocycles. The molecule has 3 saturated heterocycles. The highest BCUT2D eigenvalue weighted by atomic mass is 35.5. The molecule has 0 aromatic rings. The summed E-state index contributed by atoms with van der Waals surface area (Å²) in [5.41, 5.74) is -0.255. The van der Waals surface area contributed by atoms with E-state index in [2.05, 4.69) is 4.90 Å². The van der Waals surface area contributed by atoms with Crippen molar-refractivity contribution < 1.29 is 5.11 Å². The lowest BCUT2D eigenvalue weighted by atomic mass is 9.84. The van der Waals surface area contributed by atoms with E-state index in [0.29, 0.717) is 0 Å². The van der Waals surface area contributed by atoms with Crippen LogP contribution in [0.1, 0.15) is 19.3 Å². The molecule has 0 aromatic heterocycles. The summed E-state index contributed by atoms with van der Waals surface area (Å²) in [6.07, 6.45) is 3.02. The van der Waals surface area contributed by atoms with Gasteiger partial charge in [0.05, 0.1) is 5.60 Å². The molecule has 0 aromatic carbocycles. The minimum Gasteiger partial charge on any atom is -0.390 e. The van der Waals surface area contributed by atoms with Gasteiger partial charge in [0.2, 0.25) is 0 Å². The third-order valence-electron chi connectivity index (χ3n) is 2.68. The van der Waals surface area contributed by atoms with Gasteiger partial charge in [0.1, 0.15) is 0 Å². The molecule has 0 atom stereocenters. The maximum atomic E-state index is 9.69. The average Bonchev–Trinajstić information content (AvgIpc) is 1.90. The summed E-state index contributed by atoms with van der Waals surface area (Å²) in [6.45, 7) is 3.36. The Kier molecular flexibility index (Phi) is 2.23. The molecule has 0 radical (unpaired) electrons. The van der Waals surface area contributed by atoms with Gasteiger partial charge in [-0.1, -0.05) is 0 Å². The van der Waals surface area contributed by atoms with E-state index in [0.717, 1.165) is 38.9 Å². The van der Waals surface area contributed by atoms with Gasteiger partial charge in [-0.15, -0.1) is 12.4 Å². The first-order chi connectivity index (χ1) is 4.29. The van der Waals surface area contributed by atoms with Crippen molar-refractivity contribution in [2.75, 3.05) is 19.6 Å². The van der Waals surface area contributed by atoms with Crippen LogP contribution in [0.3, 0.4) is 0 Å². The van der Waals surface area contributed by atoms with E-state index < -0.39 is 0 Å². The van der Waals surface area contributed by atoms with E-state index in [9.17, 15) is 5.11 Å². The normalized spacial score (nSPS) is 44.7. The summed E-state index contributed by atoms with van der Waals surface area (Å²) in [4.78, 5) is 2.43. The summed E-state index contributed by atoms with van der Waals surface area (Å²) in [7, 11) is 0. The molecule has 3 aliphatic rings. The molecule has 0 saturated carbocycles. The smallest absolute Gasteiger partial charge is 0.0684 e. The van der Waals surface area contributed by atoms with Gasteiger partial charge in [-0.3, -0.25) is 0 Å².